The minimum Gasteiger partial charge on any atom is -0.493 e. The van der Waals surface area contributed by atoms with E-state index in [2.05, 4.69) is 5.10 Å². The van der Waals surface area contributed by atoms with E-state index < -0.39 is 5.97 Å². The Hall–Kier alpha value is -3.35. The first-order valence-electron chi connectivity index (χ1n) is 7.93. The number of esters is 1. The van der Waals surface area contributed by atoms with Gasteiger partial charge in [0.1, 0.15) is 13.2 Å². The van der Waals surface area contributed by atoms with Crippen LogP contribution in [0.3, 0.4) is 0 Å². The van der Waals surface area contributed by atoms with E-state index in [4.69, 9.17) is 14.2 Å². The predicted octanol–water partition coefficient (Wildman–Crippen LogP) is 2.16. The van der Waals surface area contributed by atoms with Crippen molar-refractivity contribution in [2.45, 2.75) is 13.2 Å². The van der Waals surface area contributed by atoms with Gasteiger partial charge in [0.15, 0.2) is 11.5 Å². The lowest BCUT2D eigenvalue weighted by Gasteiger charge is -2.10. The molecule has 0 aliphatic carbocycles. The van der Waals surface area contributed by atoms with Crippen LogP contribution in [0.15, 0.2) is 53.5 Å². The number of aromatic nitrogens is 2. The lowest BCUT2D eigenvalue weighted by atomic mass is 10.2. The highest BCUT2D eigenvalue weighted by Gasteiger charge is 2.11. The van der Waals surface area contributed by atoms with Crippen LogP contribution < -0.4 is 15.0 Å². The lowest BCUT2D eigenvalue weighted by molar-refractivity contribution is -0.146. The molecule has 0 saturated carbocycles. The molecule has 7 nitrogen and oxygen atoms in total. The summed E-state index contributed by atoms with van der Waals surface area (Å²) >= 11 is 0. The maximum absolute atomic E-state index is 12.4. The van der Waals surface area contributed by atoms with Crippen LogP contribution in [0.5, 0.6) is 11.5 Å². The van der Waals surface area contributed by atoms with E-state index in [0.717, 1.165) is 15.6 Å². The van der Waals surface area contributed by atoms with Crippen molar-refractivity contribution in [1.29, 1.82) is 0 Å². The topological polar surface area (TPSA) is 79.7 Å². The summed E-state index contributed by atoms with van der Waals surface area (Å²) in [6.45, 7) is -0.196. The van der Waals surface area contributed by atoms with E-state index in [-0.39, 0.29) is 18.7 Å². The standard InChI is InChI=1S/C19H18N2O5/c1-24-16-8-7-13(9-17(16)25-2)12-26-18(22)11-21-19(23)15-6-4-3-5-14(15)10-20-21/h3-10H,11-12H2,1-2H3. The Bertz CT molecular complexity index is 997. The van der Waals surface area contributed by atoms with Crippen LogP contribution in [0.2, 0.25) is 0 Å². The number of hydrogen-bond acceptors (Lipinski definition) is 6. The number of carbonyl (C=O) groups excluding carboxylic acids is 1. The number of fused-ring (bicyclic) bond motifs is 1. The summed E-state index contributed by atoms with van der Waals surface area (Å²) in [6.07, 6.45) is 1.55. The lowest BCUT2D eigenvalue weighted by Crippen LogP contribution is -2.27. The summed E-state index contributed by atoms with van der Waals surface area (Å²) in [5.74, 6) is 0.590. The molecule has 0 atom stereocenters. The monoisotopic (exact) mass is 354 g/mol. The fourth-order valence-electron chi connectivity index (χ4n) is 2.54. The average molecular weight is 354 g/mol. The Labute approximate surface area is 149 Å². The minimum atomic E-state index is -0.551. The molecular formula is C19H18N2O5. The molecule has 134 valence electrons. The highest BCUT2D eigenvalue weighted by molar-refractivity contribution is 5.80. The first-order chi connectivity index (χ1) is 12.6. The third-order valence-corrected chi connectivity index (χ3v) is 3.89. The summed E-state index contributed by atoms with van der Waals surface area (Å²) in [4.78, 5) is 24.4. The van der Waals surface area contributed by atoms with Crippen molar-refractivity contribution >= 4 is 16.7 Å². The van der Waals surface area contributed by atoms with Crippen LogP contribution in [0.25, 0.3) is 10.8 Å². The Balaban J connectivity index is 1.68. The predicted molar refractivity (Wildman–Crippen MR) is 95.3 cm³/mol. The Morgan fingerprint density at radius 2 is 1.85 bits per heavy atom. The van der Waals surface area contributed by atoms with Gasteiger partial charge in [-0.05, 0) is 23.8 Å². The van der Waals surface area contributed by atoms with E-state index in [0.29, 0.717) is 16.9 Å². The van der Waals surface area contributed by atoms with E-state index in [1.54, 1.807) is 49.7 Å². The van der Waals surface area contributed by atoms with Gasteiger partial charge in [0.2, 0.25) is 0 Å². The summed E-state index contributed by atoms with van der Waals surface area (Å²) < 4.78 is 16.7. The molecule has 7 heteroatoms. The third-order valence-electron chi connectivity index (χ3n) is 3.89. The number of hydrogen-bond donors (Lipinski definition) is 0. The van der Waals surface area contributed by atoms with Crippen molar-refractivity contribution < 1.29 is 19.0 Å². The largest absolute Gasteiger partial charge is 0.493 e. The van der Waals surface area contributed by atoms with Crippen LogP contribution in [-0.2, 0) is 22.7 Å². The van der Waals surface area contributed by atoms with Crippen molar-refractivity contribution in [2.75, 3.05) is 14.2 Å². The molecule has 2 aromatic carbocycles. The molecule has 1 heterocycles. The molecule has 3 aromatic rings. The third kappa shape index (κ3) is 3.66. The minimum absolute atomic E-state index is 0.0571. The second-order valence-electron chi connectivity index (χ2n) is 5.54. The van der Waals surface area contributed by atoms with E-state index in [1.165, 1.54) is 7.11 Å². The van der Waals surface area contributed by atoms with Gasteiger partial charge in [0.25, 0.3) is 5.56 Å². The van der Waals surface area contributed by atoms with Gasteiger partial charge in [0.05, 0.1) is 25.8 Å². The normalized spacial score (nSPS) is 10.5. The van der Waals surface area contributed by atoms with Gasteiger partial charge in [0, 0.05) is 5.39 Å². The number of benzene rings is 2. The van der Waals surface area contributed by atoms with E-state index in [9.17, 15) is 9.59 Å². The molecule has 0 fully saturated rings. The van der Waals surface area contributed by atoms with Gasteiger partial charge in [-0.3, -0.25) is 9.59 Å². The van der Waals surface area contributed by atoms with Crippen molar-refractivity contribution in [1.82, 2.24) is 9.78 Å². The summed E-state index contributed by atoms with van der Waals surface area (Å²) in [5, 5.41) is 5.26. The van der Waals surface area contributed by atoms with Gasteiger partial charge < -0.3 is 14.2 Å². The molecule has 3 rings (SSSR count). The zero-order valence-corrected chi connectivity index (χ0v) is 14.5. The Morgan fingerprint density at radius 3 is 2.62 bits per heavy atom. The van der Waals surface area contributed by atoms with Crippen LogP contribution in [-0.4, -0.2) is 30.0 Å². The Morgan fingerprint density at radius 1 is 1.08 bits per heavy atom. The van der Waals surface area contributed by atoms with E-state index in [1.807, 2.05) is 6.07 Å². The van der Waals surface area contributed by atoms with Crippen molar-refractivity contribution in [3.63, 3.8) is 0 Å². The maximum Gasteiger partial charge on any atom is 0.328 e. The van der Waals surface area contributed by atoms with Crippen LogP contribution in [0.1, 0.15) is 5.56 Å². The first kappa shape index (κ1) is 17.5. The molecule has 0 aliphatic heterocycles. The summed E-state index contributed by atoms with van der Waals surface area (Å²) in [6, 6.07) is 12.3. The second-order valence-corrected chi connectivity index (χ2v) is 5.54. The van der Waals surface area contributed by atoms with Gasteiger partial charge in [-0.25, -0.2) is 4.68 Å². The SMILES string of the molecule is COc1ccc(COC(=O)Cn2ncc3ccccc3c2=O)cc1OC. The highest BCUT2D eigenvalue weighted by atomic mass is 16.5. The molecule has 0 saturated heterocycles. The van der Waals surface area contributed by atoms with Crippen molar-refractivity contribution in [3.8, 4) is 11.5 Å². The van der Waals surface area contributed by atoms with Crippen molar-refractivity contribution in [3.05, 3.63) is 64.6 Å². The molecular weight excluding hydrogens is 336 g/mol. The first-order valence-corrected chi connectivity index (χ1v) is 7.93. The zero-order chi connectivity index (χ0) is 18.5. The van der Waals surface area contributed by atoms with E-state index >= 15 is 0 Å². The maximum atomic E-state index is 12.4. The van der Waals surface area contributed by atoms with Crippen molar-refractivity contribution in [2.24, 2.45) is 0 Å². The van der Waals surface area contributed by atoms with Gasteiger partial charge in [-0.1, -0.05) is 24.3 Å². The Kier molecular flexibility index (Phi) is 5.17. The number of carbonyl (C=O) groups is 1. The molecule has 0 amide bonds. The molecule has 0 spiro atoms. The van der Waals surface area contributed by atoms with Crippen LogP contribution in [0, 0.1) is 0 Å². The fraction of sp³-hybridized carbons (Fsp3) is 0.211. The molecule has 1 aromatic heterocycles. The van der Waals surface area contributed by atoms with Gasteiger partial charge in [-0.15, -0.1) is 0 Å². The van der Waals surface area contributed by atoms with Crippen LogP contribution in [0.4, 0.5) is 0 Å². The molecule has 0 N–H and O–H groups in total. The average Bonchev–Trinajstić information content (AvgIpc) is 2.68. The second kappa shape index (κ2) is 7.69. The molecule has 26 heavy (non-hydrogen) atoms. The number of methoxy groups -OCH3 is 2. The van der Waals surface area contributed by atoms with Crippen LogP contribution >= 0.6 is 0 Å². The molecule has 0 aliphatic rings. The summed E-state index contributed by atoms with van der Waals surface area (Å²) in [7, 11) is 3.08. The smallest absolute Gasteiger partial charge is 0.328 e. The molecule has 0 unspecified atom stereocenters. The fourth-order valence-corrected chi connectivity index (χ4v) is 2.54. The zero-order valence-electron chi connectivity index (χ0n) is 14.5. The molecule has 0 radical (unpaired) electrons. The summed E-state index contributed by atoms with van der Waals surface area (Å²) in [5.41, 5.74) is 0.418. The number of rotatable bonds is 6. The quantitative estimate of drug-likeness (QED) is 0.631. The number of nitrogens with zero attached hydrogens (tertiary/aromatic N) is 2. The number of ether oxygens (including phenoxy) is 3. The highest BCUT2D eigenvalue weighted by Crippen LogP contribution is 2.27. The van der Waals surface area contributed by atoms with Gasteiger partial charge >= 0.3 is 5.97 Å². The van der Waals surface area contributed by atoms with Gasteiger partial charge in [-0.2, -0.15) is 5.10 Å². The molecule has 0 bridgehead atoms.